The number of aromatic nitrogens is 2. The number of carboxylic acid groups (broad SMARTS) is 1. The van der Waals surface area contributed by atoms with Gasteiger partial charge >= 0.3 is 5.97 Å². The van der Waals surface area contributed by atoms with E-state index in [0.29, 0.717) is 5.03 Å². The molecule has 2 aromatic rings. The molecule has 0 bridgehead atoms. The van der Waals surface area contributed by atoms with E-state index in [1.54, 1.807) is 24.4 Å². The normalized spacial score (nSPS) is 12.0. The van der Waals surface area contributed by atoms with Crippen LogP contribution in [0.3, 0.4) is 0 Å². The Kier molecular flexibility index (Phi) is 3.72. The van der Waals surface area contributed by atoms with E-state index >= 15 is 0 Å². The van der Waals surface area contributed by atoms with Gasteiger partial charge in [-0.3, -0.25) is 4.79 Å². The molecule has 1 atom stereocenters. The fourth-order valence-electron chi connectivity index (χ4n) is 1.36. The Balaban J connectivity index is 2.23. The molecule has 2 rings (SSSR count). The van der Waals surface area contributed by atoms with Gasteiger partial charge in [-0.2, -0.15) is 0 Å². The highest BCUT2D eigenvalue weighted by Gasteiger charge is 2.21. The SMILES string of the molecule is O=C(O)[C@@H](Sc1ccncn1)c1ccccc1. The Morgan fingerprint density at radius 3 is 2.59 bits per heavy atom. The number of thioether (sulfide) groups is 1. The third-order valence-corrected chi connectivity index (χ3v) is 3.31. The molecule has 0 unspecified atom stereocenters. The summed E-state index contributed by atoms with van der Waals surface area (Å²) in [7, 11) is 0. The molecule has 0 fully saturated rings. The van der Waals surface area contributed by atoms with E-state index in [4.69, 9.17) is 0 Å². The van der Waals surface area contributed by atoms with E-state index in [2.05, 4.69) is 9.97 Å². The average Bonchev–Trinajstić information content (AvgIpc) is 2.38. The van der Waals surface area contributed by atoms with Gasteiger partial charge in [0, 0.05) is 6.20 Å². The minimum Gasteiger partial charge on any atom is -0.480 e. The summed E-state index contributed by atoms with van der Waals surface area (Å²) in [6.07, 6.45) is 3.01. The van der Waals surface area contributed by atoms with Crippen molar-refractivity contribution in [2.75, 3.05) is 0 Å². The van der Waals surface area contributed by atoms with Crippen LogP contribution in [0.5, 0.6) is 0 Å². The van der Waals surface area contributed by atoms with Crippen molar-refractivity contribution in [3.8, 4) is 0 Å². The van der Waals surface area contributed by atoms with Crippen LogP contribution in [0.4, 0.5) is 0 Å². The van der Waals surface area contributed by atoms with E-state index in [1.165, 1.54) is 18.1 Å². The number of carbonyl (C=O) groups is 1. The quantitative estimate of drug-likeness (QED) is 0.663. The maximum absolute atomic E-state index is 11.2. The molecule has 0 radical (unpaired) electrons. The van der Waals surface area contributed by atoms with Gasteiger partial charge in [-0.05, 0) is 11.6 Å². The van der Waals surface area contributed by atoms with Crippen molar-refractivity contribution in [1.82, 2.24) is 9.97 Å². The minimum atomic E-state index is -0.875. The van der Waals surface area contributed by atoms with Gasteiger partial charge in [-0.1, -0.05) is 42.1 Å². The summed E-state index contributed by atoms with van der Waals surface area (Å²) < 4.78 is 0. The summed E-state index contributed by atoms with van der Waals surface area (Å²) in [5, 5.41) is 9.23. The van der Waals surface area contributed by atoms with Crippen molar-refractivity contribution in [2.24, 2.45) is 0 Å². The fraction of sp³-hybridized carbons (Fsp3) is 0.0833. The van der Waals surface area contributed by atoms with Gasteiger partial charge in [0.15, 0.2) is 0 Å². The molecule has 0 aliphatic heterocycles. The van der Waals surface area contributed by atoms with E-state index < -0.39 is 11.2 Å². The highest BCUT2D eigenvalue weighted by atomic mass is 32.2. The van der Waals surface area contributed by atoms with Crippen LogP contribution in [-0.4, -0.2) is 21.0 Å². The third-order valence-electron chi connectivity index (χ3n) is 2.12. The second kappa shape index (κ2) is 5.45. The Morgan fingerprint density at radius 1 is 1.24 bits per heavy atom. The van der Waals surface area contributed by atoms with Gasteiger partial charge in [0.1, 0.15) is 16.6 Å². The van der Waals surface area contributed by atoms with Crippen molar-refractivity contribution in [2.45, 2.75) is 10.3 Å². The van der Waals surface area contributed by atoms with Crippen molar-refractivity contribution in [3.05, 3.63) is 54.5 Å². The second-order valence-electron chi connectivity index (χ2n) is 3.29. The molecular formula is C12H10N2O2S. The van der Waals surface area contributed by atoms with Crippen molar-refractivity contribution in [3.63, 3.8) is 0 Å². The largest absolute Gasteiger partial charge is 0.480 e. The van der Waals surface area contributed by atoms with Crippen LogP contribution in [0, 0.1) is 0 Å². The first kappa shape index (κ1) is 11.6. The monoisotopic (exact) mass is 246 g/mol. The Hall–Kier alpha value is -1.88. The fourth-order valence-corrected chi connectivity index (χ4v) is 2.24. The molecule has 5 heteroatoms. The number of carboxylic acids is 1. The van der Waals surface area contributed by atoms with E-state index in [9.17, 15) is 9.90 Å². The number of rotatable bonds is 4. The molecule has 1 heterocycles. The molecule has 0 saturated carbocycles. The molecule has 86 valence electrons. The first-order chi connectivity index (χ1) is 8.27. The molecule has 4 nitrogen and oxygen atoms in total. The van der Waals surface area contributed by atoms with E-state index in [0.717, 1.165) is 5.56 Å². The highest BCUT2D eigenvalue weighted by molar-refractivity contribution is 8.00. The summed E-state index contributed by atoms with van der Waals surface area (Å²) in [5.74, 6) is -0.875. The second-order valence-corrected chi connectivity index (χ2v) is 4.42. The summed E-state index contributed by atoms with van der Waals surface area (Å²) in [6, 6.07) is 10.8. The molecule has 1 aromatic heterocycles. The van der Waals surface area contributed by atoms with Crippen LogP contribution in [-0.2, 0) is 4.79 Å². The molecular weight excluding hydrogens is 236 g/mol. The molecule has 1 N–H and O–H groups in total. The van der Waals surface area contributed by atoms with Gasteiger partial charge < -0.3 is 5.11 Å². The van der Waals surface area contributed by atoms with Crippen molar-refractivity contribution < 1.29 is 9.90 Å². The first-order valence-corrected chi connectivity index (χ1v) is 5.86. The Morgan fingerprint density at radius 2 is 2.00 bits per heavy atom. The van der Waals surface area contributed by atoms with Gasteiger partial charge in [-0.15, -0.1) is 0 Å². The lowest BCUT2D eigenvalue weighted by molar-refractivity contribution is -0.136. The predicted molar refractivity (Wildman–Crippen MR) is 64.7 cm³/mol. The average molecular weight is 246 g/mol. The van der Waals surface area contributed by atoms with Crippen molar-refractivity contribution in [1.29, 1.82) is 0 Å². The van der Waals surface area contributed by atoms with Crippen LogP contribution in [0.25, 0.3) is 0 Å². The van der Waals surface area contributed by atoms with Gasteiger partial charge in [-0.25, -0.2) is 9.97 Å². The molecule has 17 heavy (non-hydrogen) atoms. The predicted octanol–water partition coefficient (Wildman–Crippen LogP) is 2.39. The lowest BCUT2D eigenvalue weighted by Crippen LogP contribution is -2.08. The number of hydrogen-bond donors (Lipinski definition) is 1. The zero-order valence-electron chi connectivity index (χ0n) is 8.85. The summed E-state index contributed by atoms with van der Waals surface area (Å²) in [6.45, 7) is 0. The highest BCUT2D eigenvalue weighted by Crippen LogP contribution is 2.33. The minimum absolute atomic E-state index is 0.647. The van der Waals surface area contributed by atoms with Gasteiger partial charge in [0.25, 0.3) is 0 Å². The third kappa shape index (κ3) is 3.04. The number of nitrogens with zero attached hydrogens (tertiary/aromatic N) is 2. The smallest absolute Gasteiger partial charge is 0.321 e. The Labute approximate surface area is 103 Å². The molecule has 0 aliphatic rings. The summed E-state index contributed by atoms with van der Waals surface area (Å²) >= 11 is 1.20. The first-order valence-electron chi connectivity index (χ1n) is 4.98. The Bertz CT molecular complexity index is 490. The van der Waals surface area contributed by atoms with E-state index in [1.807, 2.05) is 18.2 Å². The molecule has 1 aromatic carbocycles. The topological polar surface area (TPSA) is 63.1 Å². The van der Waals surface area contributed by atoms with Gasteiger partial charge in [0.2, 0.25) is 0 Å². The van der Waals surface area contributed by atoms with Crippen LogP contribution in [0.15, 0.2) is 53.9 Å². The molecule has 0 amide bonds. The van der Waals surface area contributed by atoms with Gasteiger partial charge in [0.05, 0.1) is 0 Å². The number of aliphatic carboxylic acids is 1. The van der Waals surface area contributed by atoms with Crippen LogP contribution < -0.4 is 0 Å². The van der Waals surface area contributed by atoms with Crippen LogP contribution in [0.1, 0.15) is 10.8 Å². The standard InChI is InChI=1S/C12H10N2O2S/c15-12(16)11(9-4-2-1-3-5-9)17-10-6-7-13-8-14-10/h1-8,11H,(H,15,16)/t11-/m0/s1. The van der Waals surface area contributed by atoms with Crippen LogP contribution >= 0.6 is 11.8 Å². The number of hydrogen-bond acceptors (Lipinski definition) is 4. The molecule has 0 spiro atoms. The summed E-state index contributed by atoms with van der Waals surface area (Å²) in [4.78, 5) is 19.1. The van der Waals surface area contributed by atoms with Crippen LogP contribution in [0.2, 0.25) is 0 Å². The maximum Gasteiger partial charge on any atom is 0.321 e. The lowest BCUT2D eigenvalue weighted by atomic mass is 10.1. The zero-order chi connectivity index (χ0) is 12.1. The number of benzene rings is 1. The molecule has 0 saturated heterocycles. The van der Waals surface area contributed by atoms with E-state index in [-0.39, 0.29) is 0 Å². The zero-order valence-corrected chi connectivity index (χ0v) is 9.67. The lowest BCUT2D eigenvalue weighted by Gasteiger charge is -2.11. The molecule has 0 aliphatic carbocycles. The van der Waals surface area contributed by atoms with Crippen molar-refractivity contribution >= 4 is 17.7 Å². The maximum atomic E-state index is 11.2. The summed E-state index contributed by atoms with van der Waals surface area (Å²) in [5.41, 5.74) is 0.753.